The zero-order chi connectivity index (χ0) is 11.3. The smallest absolute Gasteiger partial charge is 0.142 e. The molecule has 1 aromatic rings. The van der Waals surface area contributed by atoms with Crippen molar-refractivity contribution in [3.05, 3.63) is 10.8 Å². The number of hydrogen-bond donors (Lipinski definition) is 1. The molecule has 0 aliphatic carbocycles. The van der Waals surface area contributed by atoms with Crippen LogP contribution >= 0.6 is 11.5 Å². The molecule has 1 N–H and O–H groups in total. The van der Waals surface area contributed by atoms with Gasteiger partial charge in [-0.2, -0.15) is 4.37 Å². The highest BCUT2D eigenvalue weighted by molar-refractivity contribution is 7.05. The lowest BCUT2D eigenvalue weighted by atomic mass is 10.0. The van der Waals surface area contributed by atoms with Gasteiger partial charge in [-0.3, -0.25) is 0 Å². The molecule has 4 heteroatoms. The second kappa shape index (κ2) is 6.18. The van der Waals surface area contributed by atoms with Crippen LogP contribution in [0.5, 0.6) is 0 Å². The van der Waals surface area contributed by atoms with Crippen LogP contribution in [0.4, 0.5) is 0 Å². The number of nitrogens with one attached hydrogen (secondary N) is 1. The quantitative estimate of drug-likeness (QED) is 0.810. The molecule has 1 unspecified atom stereocenters. The molecule has 0 bridgehead atoms. The van der Waals surface area contributed by atoms with E-state index in [4.69, 9.17) is 0 Å². The van der Waals surface area contributed by atoms with E-state index in [9.17, 15) is 0 Å². The van der Waals surface area contributed by atoms with Crippen LogP contribution in [0, 0.1) is 5.92 Å². The van der Waals surface area contributed by atoms with Crippen molar-refractivity contribution in [2.45, 2.75) is 46.1 Å². The molecule has 3 nitrogen and oxygen atoms in total. The Morgan fingerprint density at radius 3 is 2.67 bits per heavy atom. The molecule has 0 saturated heterocycles. The van der Waals surface area contributed by atoms with Gasteiger partial charge in [0, 0.05) is 18.9 Å². The third-order valence-corrected chi connectivity index (χ3v) is 3.32. The first-order valence-corrected chi connectivity index (χ1v) is 6.43. The lowest BCUT2D eigenvalue weighted by Gasteiger charge is -2.18. The molecule has 1 aromatic heterocycles. The number of likely N-dealkylation sites (N-methyl/N-ethyl adjacent to an activating group) is 1. The summed E-state index contributed by atoms with van der Waals surface area (Å²) >= 11 is 1.55. The first-order valence-electron chi connectivity index (χ1n) is 5.66. The van der Waals surface area contributed by atoms with E-state index in [1.807, 2.05) is 7.05 Å². The van der Waals surface area contributed by atoms with Crippen LogP contribution in [0.15, 0.2) is 0 Å². The second-order valence-corrected chi connectivity index (χ2v) is 5.03. The van der Waals surface area contributed by atoms with Crippen molar-refractivity contribution >= 4 is 11.5 Å². The van der Waals surface area contributed by atoms with Crippen LogP contribution in [0.1, 0.15) is 38.0 Å². The molecule has 0 aliphatic rings. The van der Waals surface area contributed by atoms with E-state index in [2.05, 4.69) is 35.4 Å². The van der Waals surface area contributed by atoms with Crippen LogP contribution in [0.2, 0.25) is 0 Å². The fraction of sp³-hybridized carbons (Fsp3) is 0.818. The topological polar surface area (TPSA) is 37.8 Å². The average Bonchev–Trinajstić information content (AvgIpc) is 2.62. The van der Waals surface area contributed by atoms with Gasteiger partial charge in [0.25, 0.3) is 0 Å². The molecule has 0 fully saturated rings. The fourth-order valence-electron chi connectivity index (χ4n) is 1.56. The highest BCUT2D eigenvalue weighted by Gasteiger charge is 2.14. The van der Waals surface area contributed by atoms with E-state index in [0.717, 1.165) is 30.1 Å². The van der Waals surface area contributed by atoms with E-state index < -0.39 is 0 Å². The molecule has 0 aliphatic heterocycles. The summed E-state index contributed by atoms with van der Waals surface area (Å²) < 4.78 is 4.36. The van der Waals surface area contributed by atoms with Crippen molar-refractivity contribution in [1.82, 2.24) is 14.7 Å². The fourth-order valence-corrected chi connectivity index (χ4v) is 2.30. The van der Waals surface area contributed by atoms with Gasteiger partial charge in [-0.05, 0) is 30.9 Å². The van der Waals surface area contributed by atoms with Crippen LogP contribution in [0.25, 0.3) is 0 Å². The summed E-state index contributed by atoms with van der Waals surface area (Å²) in [6.07, 6.45) is 3.12. The minimum absolute atomic E-state index is 0.507. The second-order valence-electron chi connectivity index (χ2n) is 4.20. The Morgan fingerprint density at radius 2 is 2.13 bits per heavy atom. The minimum Gasteiger partial charge on any atom is -0.316 e. The Kier molecular flexibility index (Phi) is 5.19. The summed E-state index contributed by atoms with van der Waals surface area (Å²) in [6, 6.07) is 0.507. The molecule has 1 rings (SSSR count). The highest BCUT2D eigenvalue weighted by Crippen LogP contribution is 2.12. The lowest BCUT2D eigenvalue weighted by molar-refractivity contribution is 0.424. The molecule has 0 spiro atoms. The molecule has 0 saturated carbocycles. The van der Waals surface area contributed by atoms with Gasteiger partial charge < -0.3 is 5.32 Å². The third-order valence-electron chi connectivity index (χ3n) is 2.55. The molecule has 1 atom stereocenters. The summed E-state index contributed by atoms with van der Waals surface area (Å²) in [5.41, 5.74) is 0. The maximum absolute atomic E-state index is 4.54. The van der Waals surface area contributed by atoms with Gasteiger partial charge >= 0.3 is 0 Å². The molecule has 86 valence electrons. The van der Waals surface area contributed by atoms with Gasteiger partial charge in [-0.1, -0.05) is 20.8 Å². The van der Waals surface area contributed by atoms with E-state index in [1.165, 1.54) is 0 Å². The molecule has 0 amide bonds. The number of aryl methyl sites for hydroxylation is 1. The van der Waals surface area contributed by atoms with Crippen molar-refractivity contribution in [1.29, 1.82) is 0 Å². The highest BCUT2D eigenvalue weighted by atomic mass is 32.1. The zero-order valence-electron chi connectivity index (χ0n) is 10.1. The van der Waals surface area contributed by atoms with Crippen molar-refractivity contribution in [2.75, 3.05) is 7.05 Å². The monoisotopic (exact) mass is 227 g/mol. The maximum Gasteiger partial charge on any atom is 0.142 e. The Labute approximate surface area is 96.5 Å². The Hall–Kier alpha value is -0.480. The van der Waals surface area contributed by atoms with Gasteiger partial charge in [0.1, 0.15) is 10.8 Å². The van der Waals surface area contributed by atoms with E-state index in [0.29, 0.717) is 12.0 Å². The lowest BCUT2D eigenvalue weighted by Crippen LogP contribution is -2.32. The largest absolute Gasteiger partial charge is 0.316 e. The van der Waals surface area contributed by atoms with Crippen LogP contribution in [-0.4, -0.2) is 22.4 Å². The predicted octanol–water partition coefficient (Wildman–Crippen LogP) is 2.28. The SMILES string of the molecule is CCCc1nsc(CC(NC)C(C)C)n1. The Balaban J connectivity index is 2.55. The number of nitrogens with zero attached hydrogens (tertiary/aromatic N) is 2. The van der Waals surface area contributed by atoms with Crippen LogP contribution in [-0.2, 0) is 12.8 Å². The third kappa shape index (κ3) is 3.87. The summed E-state index contributed by atoms with van der Waals surface area (Å²) in [7, 11) is 2.01. The van der Waals surface area contributed by atoms with Crippen LogP contribution in [0.3, 0.4) is 0 Å². The standard InChI is InChI=1S/C11H21N3S/c1-5-6-10-13-11(15-14-10)7-9(12-4)8(2)3/h8-9,12H,5-7H2,1-4H3. The maximum atomic E-state index is 4.54. The summed E-state index contributed by atoms with van der Waals surface area (Å²) in [5, 5.41) is 4.49. The van der Waals surface area contributed by atoms with E-state index in [1.54, 1.807) is 11.5 Å². The molecule has 0 radical (unpaired) electrons. The number of hydrogen-bond acceptors (Lipinski definition) is 4. The van der Waals surface area contributed by atoms with Crippen molar-refractivity contribution in [3.8, 4) is 0 Å². The number of rotatable bonds is 6. The van der Waals surface area contributed by atoms with Crippen molar-refractivity contribution in [2.24, 2.45) is 5.92 Å². The van der Waals surface area contributed by atoms with E-state index >= 15 is 0 Å². The predicted molar refractivity (Wildman–Crippen MR) is 65.3 cm³/mol. The minimum atomic E-state index is 0.507. The Morgan fingerprint density at radius 1 is 1.40 bits per heavy atom. The van der Waals surface area contributed by atoms with Crippen LogP contribution < -0.4 is 5.32 Å². The summed E-state index contributed by atoms with van der Waals surface area (Å²) in [5.74, 6) is 1.64. The molecular weight excluding hydrogens is 206 g/mol. The molecule has 1 heterocycles. The van der Waals surface area contributed by atoms with Gasteiger partial charge in [-0.25, -0.2) is 4.98 Å². The van der Waals surface area contributed by atoms with Gasteiger partial charge in [0.05, 0.1) is 0 Å². The van der Waals surface area contributed by atoms with Crippen molar-refractivity contribution in [3.63, 3.8) is 0 Å². The van der Waals surface area contributed by atoms with Gasteiger partial charge in [-0.15, -0.1) is 0 Å². The van der Waals surface area contributed by atoms with E-state index in [-0.39, 0.29) is 0 Å². The first kappa shape index (κ1) is 12.6. The summed E-state index contributed by atoms with van der Waals surface area (Å²) in [6.45, 7) is 6.62. The Bertz CT molecular complexity index is 283. The molecule has 15 heavy (non-hydrogen) atoms. The molecule has 0 aromatic carbocycles. The normalized spacial score (nSPS) is 13.4. The van der Waals surface area contributed by atoms with Crippen molar-refractivity contribution < 1.29 is 0 Å². The zero-order valence-corrected chi connectivity index (χ0v) is 10.9. The summed E-state index contributed by atoms with van der Waals surface area (Å²) in [4.78, 5) is 4.54. The average molecular weight is 227 g/mol. The van der Waals surface area contributed by atoms with Gasteiger partial charge in [0.2, 0.25) is 0 Å². The van der Waals surface area contributed by atoms with Gasteiger partial charge in [0.15, 0.2) is 0 Å². The number of aromatic nitrogens is 2. The first-order chi connectivity index (χ1) is 7.17. The molecular formula is C11H21N3S.